The molecule has 0 saturated carbocycles. The van der Waals surface area contributed by atoms with Crippen LogP contribution in [0.4, 0.5) is 0 Å². The van der Waals surface area contributed by atoms with Gasteiger partial charge in [0.05, 0.1) is 6.61 Å². The Morgan fingerprint density at radius 1 is 1.33 bits per heavy atom. The molecule has 3 nitrogen and oxygen atoms in total. The summed E-state index contributed by atoms with van der Waals surface area (Å²) in [5.74, 6) is 0. The zero-order chi connectivity index (χ0) is 9.23. The SMILES string of the molecule is CCCCCOCCC(N)CO. The predicted molar refractivity (Wildman–Crippen MR) is 50.0 cm³/mol. The highest BCUT2D eigenvalue weighted by molar-refractivity contribution is 4.56. The smallest absolute Gasteiger partial charge is 0.0583 e. The van der Waals surface area contributed by atoms with E-state index in [1.807, 2.05) is 0 Å². The van der Waals surface area contributed by atoms with Crippen molar-refractivity contribution in [3.8, 4) is 0 Å². The molecular formula is C9H21NO2. The van der Waals surface area contributed by atoms with Crippen LogP contribution in [0.15, 0.2) is 0 Å². The molecule has 12 heavy (non-hydrogen) atoms. The molecule has 74 valence electrons. The second kappa shape index (κ2) is 8.97. The van der Waals surface area contributed by atoms with Gasteiger partial charge in [-0.3, -0.25) is 0 Å². The van der Waals surface area contributed by atoms with Crippen LogP contribution in [0, 0.1) is 0 Å². The van der Waals surface area contributed by atoms with Gasteiger partial charge in [-0.05, 0) is 12.8 Å². The summed E-state index contributed by atoms with van der Waals surface area (Å²) in [6.07, 6.45) is 4.33. The van der Waals surface area contributed by atoms with Gasteiger partial charge in [-0.15, -0.1) is 0 Å². The van der Waals surface area contributed by atoms with E-state index < -0.39 is 0 Å². The van der Waals surface area contributed by atoms with E-state index in [1.54, 1.807) is 0 Å². The molecule has 0 amide bonds. The molecule has 0 aliphatic rings. The Morgan fingerprint density at radius 2 is 2.08 bits per heavy atom. The van der Waals surface area contributed by atoms with Crippen molar-refractivity contribution in [2.75, 3.05) is 19.8 Å². The van der Waals surface area contributed by atoms with E-state index in [1.165, 1.54) is 12.8 Å². The molecular weight excluding hydrogens is 154 g/mol. The third-order valence-electron chi connectivity index (χ3n) is 1.76. The van der Waals surface area contributed by atoms with Crippen LogP contribution in [0.1, 0.15) is 32.6 Å². The first-order valence-corrected chi connectivity index (χ1v) is 4.75. The van der Waals surface area contributed by atoms with Crippen molar-refractivity contribution in [3.63, 3.8) is 0 Å². The maximum atomic E-state index is 8.59. The van der Waals surface area contributed by atoms with Crippen LogP contribution in [-0.2, 0) is 4.74 Å². The van der Waals surface area contributed by atoms with E-state index in [2.05, 4.69) is 6.92 Å². The molecule has 0 fully saturated rings. The number of ether oxygens (including phenoxy) is 1. The summed E-state index contributed by atoms with van der Waals surface area (Å²) < 4.78 is 5.32. The average Bonchev–Trinajstić information content (AvgIpc) is 2.10. The highest BCUT2D eigenvalue weighted by Crippen LogP contribution is 1.95. The number of unbranched alkanes of at least 4 members (excludes halogenated alkanes) is 2. The zero-order valence-electron chi connectivity index (χ0n) is 7.96. The van der Waals surface area contributed by atoms with Crippen LogP contribution in [0.2, 0.25) is 0 Å². The fourth-order valence-corrected chi connectivity index (χ4v) is 0.882. The number of hydrogen-bond donors (Lipinski definition) is 2. The summed E-state index contributed by atoms with van der Waals surface area (Å²) >= 11 is 0. The fourth-order valence-electron chi connectivity index (χ4n) is 0.882. The Morgan fingerprint density at radius 3 is 2.67 bits per heavy atom. The highest BCUT2D eigenvalue weighted by Gasteiger charge is 1.98. The van der Waals surface area contributed by atoms with Crippen molar-refractivity contribution in [2.24, 2.45) is 5.73 Å². The van der Waals surface area contributed by atoms with Crippen molar-refractivity contribution < 1.29 is 9.84 Å². The van der Waals surface area contributed by atoms with Gasteiger partial charge in [0, 0.05) is 19.3 Å². The van der Waals surface area contributed by atoms with Crippen molar-refractivity contribution in [3.05, 3.63) is 0 Å². The summed E-state index contributed by atoms with van der Waals surface area (Å²) in [7, 11) is 0. The molecule has 0 aromatic rings. The van der Waals surface area contributed by atoms with Crippen molar-refractivity contribution in [2.45, 2.75) is 38.6 Å². The summed E-state index contributed by atoms with van der Waals surface area (Å²) in [5.41, 5.74) is 5.48. The lowest BCUT2D eigenvalue weighted by molar-refractivity contribution is 0.116. The lowest BCUT2D eigenvalue weighted by Gasteiger charge is -2.07. The first-order valence-electron chi connectivity index (χ1n) is 4.75. The van der Waals surface area contributed by atoms with E-state index in [9.17, 15) is 0 Å². The van der Waals surface area contributed by atoms with Crippen molar-refractivity contribution in [1.29, 1.82) is 0 Å². The molecule has 0 heterocycles. The topological polar surface area (TPSA) is 55.5 Å². The van der Waals surface area contributed by atoms with Crippen LogP contribution >= 0.6 is 0 Å². The van der Waals surface area contributed by atoms with Gasteiger partial charge < -0.3 is 15.6 Å². The summed E-state index contributed by atoms with van der Waals surface area (Å²) in [4.78, 5) is 0. The van der Waals surface area contributed by atoms with Gasteiger partial charge in [-0.2, -0.15) is 0 Å². The van der Waals surface area contributed by atoms with Gasteiger partial charge in [0.1, 0.15) is 0 Å². The quantitative estimate of drug-likeness (QED) is 0.539. The molecule has 3 heteroatoms. The predicted octanol–water partition coefficient (Wildman–Crippen LogP) is 0.903. The third kappa shape index (κ3) is 7.98. The first-order chi connectivity index (χ1) is 5.81. The first kappa shape index (κ1) is 11.9. The highest BCUT2D eigenvalue weighted by atomic mass is 16.5. The second-order valence-corrected chi connectivity index (χ2v) is 3.05. The van der Waals surface area contributed by atoms with Crippen LogP contribution in [-0.4, -0.2) is 31.0 Å². The molecule has 1 atom stereocenters. The fraction of sp³-hybridized carbons (Fsp3) is 1.00. The lowest BCUT2D eigenvalue weighted by Crippen LogP contribution is -2.25. The third-order valence-corrected chi connectivity index (χ3v) is 1.76. The van der Waals surface area contributed by atoms with E-state index in [0.717, 1.165) is 19.4 Å². The van der Waals surface area contributed by atoms with Gasteiger partial charge in [0.15, 0.2) is 0 Å². The van der Waals surface area contributed by atoms with Crippen molar-refractivity contribution in [1.82, 2.24) is 0 Å². The van der Waals surface area contributed by atoms with Crippen LogP contribution in [0.25, 0.3) is 0 Å². The molecule has 1 unspecified atom stereocenters. The number of hydrogen-bond acceptors (Lipinski definition) is 3. The van der Waals surface area contributed by atoms with Gasteiger partial charge in [0.25, 0.3) is 0 Å². The van der Waals surface area contributed by atoms with Gasteiger partial charge in [0.2, 0.25) is 0 Å². The monoisotopic (exact) mass is 175 g/mol. The van der Waals surface area contributed by atoms with Crippen LogP contribution in [0.5, 0.6) is 0 Å². The second-order valence-electron chi connectivity index (χ2n) is 3.05. The van der Waals surface area contributed by atoms with Crippen molar-refractivity contribution >= 4 is 0 Å². The van der Waals surface area contributed by atoms with E-state index in [0.29, 0.717) is 6.61 Å². The number of aliphatic hydroxyl groups excluding tert-OH is 1. The molecule has 0 aromatic carbocycles. The minimum Gasteiger partial charge on any atom is -0.395 e. The Labute approximate surface area is 74.9 Å². The van der Waals surface area contributed by atoms with Gasteiger partial charge in [-0.25, -0.2) is 0 Å². The molecule has 0 bridgehead atoms. The molecule has 3 N–H and O–H groups in total. The van der Waals surface area contributed by atoms with E-state index in [-0.39, 0.29) is 12.6 Å². The summed E-state index contributed by atoms with van der Waals surface area (Å²) in [6.45, 7) is 3.72. The molecule has 0 aromatic heterocycles. The number of nitrogens with two attached hydrogens (primary N) is 1. The largest absolute Gasteiger partial charge is 0.395 e. The Kier molecular flexibility index (Phi) is 8.88. The lowest BCUT2D eigenvalue weighted by atomic mass is 10.2. The minimum atomic E-state index is -0.115. The van der Waals surface area contributed by atoms with Crippen LogP contribution < -0.4 is 5.73 Å². The Hall–Kier alpha value is -0.120. The summed E-state index contributed by atoms with van der Waals surface area (Å²) in [6, 6.07) is -0.115. The Balaban J connectivity index is 2.90. The van der Waals surface area contributed by atoms with E-state index in [4.69, 9.17) is 15.6 Å². The maximum Gasteiger partial charge on any atom is 0.0583 e. The molecule has 0 spiro atoms. The molecule has 0 radical (unpaired) electrons. The number of aliphatic hydroxyl groups is 1. The van der Waals surface area contributed by atoms with Gasteiger partial charge in [-0.1, -0.05) is 19.8 Å². The Bertz CT molecular complexity index is 88.6. The minimum absolute atomic E-state index is 0.0539. The molecule has 0 aliphatic heterocycles. The molecule has 0 rings (SSSR count). The zero-order valence-corrected chi connectivity index (χ0v) is 7.96. The standard InChI is InChI=1S/C9H21NO2/c1-2-3-4-6-12-7-5-9(10)8-11/h9,11H,2-8,10H2,1H3. The summed E-state index contributed by atoms with van der Waals surface area (Å²) in [5, 5.41) is 8.59. The van der Waals surface area contributed by atoms with Crippen LogP contribution in [0.3, 0.4) is 0 Å². The number of rotatable bonds is 8. The molecule has 0 aliphatic carbocycles. The molecule has 0 saturated heterocycles. The normalized spacial score (nSPS) is 13.2. The van der Waals surface area contributed by atoms with Gasteiger partial charge >= 0.3 is 0 Å². The average molecular weight is 175 g/mol. The van der Waals surface area contributed by atoms with E-state index >= 15 is 0 Å². The maximum absolute atomic E-state index is 8.59.